The van der Waals surface area contributed by atoms with E-state index in [0.29, 0.717) is 43.7 Å². The fourth-order valence-corrected chi connectivity index (χ4v) is 10.2. The number of nitrogens with two attached hydrogens (primary N) is 3. The summed E-state index contributed by atoms with van der Waals surface area (Å²) in [6.45, 7) is 8.02. The maximum Gasteiger partial charge on any atom is 0.326 e. The summed E-state index contributed by atoms with van der Waals surface area (Å²) in [4.78, 5) is 147. The highest BCUT2D eigenvalue weighted by atomic mass is 19.1. The number of aliphatic hydroxyl groups is 3. The van der Waals surface area contributed by atoms with Gasteiger partial charge in [0.2, 0.25) is 53.2 Å². The molecule has 0 radical (unpaired) electrons. The molecule has 4 rings (SSSR count). The SMILES string of the molecule is CCc1cc(OCCCCN)ccc1-c1ccc(C[C@H](NC(=O)[C@H](CC(=O)O)NC(=O)[C@H](CO)NC(=O)[C@@H](NC(=O)[C@](C)(Cc2ccccc2F)NC(=O)[C@@H](NC(=O)CNC(=O)[C@@H](N)CCC(N)=O)[C@@H](C)O)[C@@H](C)O)C(=O)N[C@@H](CCCc2cc(C)cc(C)c2)C(=O)O)cc1. The average Bonchev–Trinajstić information content (AvgIpc) is 0.825. The molecule has 0 aliphatic heterocycles. The van der Waals surface area contributed by atoms with E-state index >= 15 is 4.39 Å². The summed E-state index contributed by atoms with van der Waals surface area (Å²) in [5, 5.41) is 70.7. The van der Waals surface area contributed by atoms with Gasteiger partial charge in [-0.1, -0.05) is 84.8 Å². The minimum absolute atomic E-state index is 0.0352. The first-order valence-corrected chi connectivity index (χ1v) is 31.1. The zero-order valence-electron chi connectivity index (χ0n) is 54.1. The minimum Gasteiger partial charge on any atom is -0.494 e. The fourth-order valence-electron chi connectivity index (χ4n) is 10.2. The number of halogens is 1. The molecule has 4 aromatic carbocycles. The average molecular weight is 1330 g/mol. The van der Waals surface area contributed by atoms with E-state index in [2.05, 4.69) is 42.5 Å². The zero-order valence-corrected chi connectivity index (χ0v) is 54.1. The molecule has 28 nitrogen and oxygen atoms in total. The molecule has 4 aromatic rings. The molecule has 0 bridgehead atoms. The smallest absolute Gasteiger partial charge is 0.326 e. The van der Waals surface area contributed by atoms with Gasteiger partial charge in [0.05, 0.1) is 44.4 Å². The molecule has 0 unspecified atom stereocenters. The molecule has 0 aromatic heterocycles. The van der Waals surface area contributed by atoms with Crippen molar-refractivity contribution in [2.45, 2.75) is 172 Å². The Bertz CT molecular complexity index is 3310. The van der Waals surface area contributed by atoms with Crippen LogP contribution < -0.4 is 64.5 Å². The largest absolute Gasteiger partial charge is 0.494 e. The number of carboxylic acids is 2. The van der Waals surface area contributed by atoms with E-state index in [-0.39, 0.29) is 31.2 Å². The molecule has 0 saturated carbocycles. The summed E-state index contributed by atoms with van der Waals surface area (Å²) in [5.74, 6) is -13.4. The number of carboxylic acid groups (broad SMARTS) is 2. The Kier molecular flexibility index (Phi) is 31.3. The molecule has 0 spiro atoms. The maximum absolute atomic E-state index is 15.3. The predicted molar refractivity (Wildman–Crippen MR) is 346 cm³/mol. The molecule has 95 heavy (non-hydrogen) atoms. The molecule has 0 aliphatic rings. The third-order valence-corrected chi connectivity index (χ3v) is 15.3. The number of hydrogen-bond acceptors (Lipinski definition) is 17. The number of unbranched alkanes of at least 4 members (excludes halogenated alkanes) is 1. The number of hydrogen-bond donors (Lipinski definition) is 16. The summed E-state index contributed by atoms with van der Waals surface area (Å²) >= 11 is 0. The Labute approximate surface area is 549 Å². The van der Waals surface area contributed by atoms with Crippen molar-refractivity contribution in [3.63, 3.8) is 0 Å². The minimum atomic E-state index is -2.34. The third kappa shape index (κ3) is 25.4. The molecular formula is C66H90FN11O17. The first kappa shape index (κ1) is 78.0. The summed E-state index contributed by atoms with van der Waals surface area (Å²) in [6.07, 6.45) is -3.08. The number of carbonyl (C=O) groups is 11. The first-order valence-electron chi connectivity index (χ1n) is 31.1. The highest BCUT2D eigenvalue weighted by Gasteiger charge is 2.42. The predicted octanol–water partition coefficient (Wildman–Crippen LogP) is -0.596. The van der Waals surface area contributed by atoms with Crippen molar-refractivity contribution in [1.29, 1.82) is 0 Å². The number of ether oxygens (including phenoxy) is 1. The van der Waals surface area contributed by atoms with Gasteiger partial charge >= 0.3 is 11.9 Å². The van der Waals surface area contributed by atoms with Crippen LogP contribution in [0.25, 0.3) is 11.1 Å². The van der Waals surface area contributed by atoms with Gasteiger partial charge < -0.3 is 90.0 Å². The number of primary amides is 1. The lowest BCUT2D eigenvalue weighted by Crippen LogP contribution is -2.67. The molecule has 0 saturated heterocycles. The summed E-state index contributed by atoms with van der Waals surface area (Å²) in [7, 11) is 0. The van der Waals surface area contributed by atoms with Gasteiger partial charge in [-0.25, -0.2) is 9.18 Å². The van der Waals surface area contributed by atoms with E-state index in [9.17, 15) is 78.3 Å². The Morgan fingerprint density at radius 3 is 1.84 bits per heavy atom. The number of amides is 9. The second-order valence-corrected chi connectivity index (χ2v) is 23.6. The Hall–Kier alpha value is -9.42. The number of carbonyl (C=O) groups excluding carboxylic acids is 9. The monoisotopic (exact) mass is 1330 g/mol. The fraction of sp³-hybridized carbons (Fsp3) is 0.470. The van der Waals surface area contributed by atoms with Crippen LogP contribution in [0.4, 0.5) is 4.39 Å². The molecule has 9 amide bonds. The number of aryl methyl sites for hydroxylation is 4. The van der Waals surface area contributed by atoms with E-state index in [1.807, 2.05) is 57.2 Å². The van der Waals surface area contributed by atoms with Gasteiger partial charge in [0.15, 0.2) is 0 Å². The van der Waals surface area contributed by atoms with Crippen LogP contribution in [-0.4, -0.2) is 177 Å². The van der Waals surface area contributed by atoms with Gasteiger partial charge in [0.25, 0.3) is 0 Å². The normalized spacial score (nSPS) is 14.6. The lowest BCUT2D eigenvalue weighted by atomic mass is 9.90. The topological polar surface area (TPSA) is 472 Å². The lowest BCUT2D eigenvalue weighted by Gasteiger charge is -2.34. The van der Waals surface area contributed by atoms with Crippen LogP contribution in [0.15, 0.2) is 84.9 Å². The molecular weight excluding hydrogens is 1240 g/mol. The Morgan fingerprint density at radius 2 is 1.25 bits per heavy atom. The lowest BCUT2D eigenvalue weighted by molar-refractivity contribution is -0.143. The van der Waals surface area contributed by atoms with Gasteiger partial charge in [-0.15, -0.1) is 0 Å². The number of nitrogens with one attached hydrogen (secondary N) is 8. The molecule has 518 valence electrons. The van der Waals surface area contributed by atoms with Crippen LogP contribution >= 0.6 is 0 Å². The number of rotatable bonds is 40. The summed E-state index contributed by atoms with van der Waals surface area (Å²) in [5.41, 5.74) is 20.0. The molecule has 0 aliphatic carbocycles. The van der Waals surface area contributed by atoms with Crippen LogP contribution in [0.1, 0.15) is 106 Å². The van der Waals surface area contributed by atoms with Gasteiger partial charge in [-0.2, -0.15) is 0 Å². The van der Waals surface area contributed by atoms with E-state index < -0.39 is 157 Å². The number of aliphatic hydroxyl groups excluding tert-OH is 3. The molecule has 10 atom stereocenters. The second-order valence-electron chi connectivity index (χ2n) is 23.6. The highest BCUT2D eigenvalue weighted by molar-refractivity contribution is 6.00. The standard InChI is InChI=1S/C66H90FN11O17/c1-7-42-31-45(95-26-11-10-25-68)21-22-46(42)43-19-17-40(18-20-43)30-50(59(87)72-49(64(92)93)16-12-13-41-28-36(2)27-37(3)29-41)73-60(88)51(32-55(84)85)74-61(89)52(35-79)75-62(90)56(38(4)80)77-65(94)66(6,33-44-14-8-9-15-47(44)67)78-63(91)57(39(5)81)76-54(83)34-71-58(86)48(69)23-24-53(70)82/h8-9,14-15,17-22,27-29,31,38-39,48-52,56-57,79-81H,7,10-13,16,23-26,30,32-35,68-69H2,1-6H3,(H2,70,82)(H,71,86)(H,72,87)(H,73,88)(H,74,89)(H,75,90)(H,76,83)(H,77,94)(H,78,91)(H,84,85)(H,92,93)/t38-,39-,48+,49+,50+,51+,52+,56+,57+,66+/m1/s1. The van der Waals surface area contributed by atoms with E-state index in [1.165, 1.54) is 18.2 Å². The Morgan fingerprint density at radius 1 is 0.653 bits per heavy atom. The first-order chi connectivity index (χ1) is 44.9. The molecule has 19 N–H and O–H groups in total. The van der Waals surface area contributed by atoms with E-state index in [0.717, 1.165) is 73.1 Å². The van der Waals surface area contributed by atoms with Crippen LogP contribution in [0.3, 0.4) is 0 Å². The zero-order chi connectivity index (χ0) is 70.7. The van der Waals surface area contributed by atoms with Gasteiger partial charge in [0, 0.05) is 19.3 Å². The van der Waals surface area contributed by atoms with Crippen molar-refractivity contribution >= 4 is 65.1 Å². The second kappa shape index (κ2) is 38.1. The van der Waals surface area contributed by atoms with Crippen LogP contribution in [0.2, 0.25) is 0 Å². The van der Waals surface area contributed by atoms with Crippen LogP contribution in [0.5, 0.6) is 5.75 Å². The molecule has 29 heteroatoms. The van der Waals surface area contributed by atoms with Crippen LogP contribution in [-0.2, 0) is 78.4 Å². The highest BCUT2D eigenvalue weighted by Crippen LogP contribution is 2.29. The maximum atomic E-state index is 15.3. The van der Waals surface area contributed by atoms with Crippen molar-refractivity contribution in [2.24, 2.45) is 17.2 Å². The van der Waals surface area contributed by atoms with Crippen LogP contribution in [0, 0.1) is 19.7 Å². The van der Waals surface area contributed by atoms with E-state index in [1.54, 1.807) is 24.3 Å². The Balaban J connectivity index is 1.59. The van der Waals surface area contributed by atoms with Gasteiger partial charge in [-0.3, -0.25) is 47.9 Å². The van der Waals surface area contributed by atoms with Gasteiger partial charge in [-0.05, 0) is 138 Å². The van der Waals surface area contributed by atoms with Crippen molar-refractivity contribution in [1.82, 2.24) is 42.5 Å². The van der Waals surface area contributed by atoms with Crippen molar-refractivity contribution < 1.29 is 87.4 Å². The van der Waals surface area contributed by atoms with Crippen molar-refractivity contribution in [3.8, 4) is 16.9 Å². The van der Waals surface area contributed by atoms with Crippen molar-refractivity contribution in [2.75, 3.05) is 26.3 Å². The van der Waals surface area contributed by atoms with Crippen molar-refractivity contribution in [3.05, 3.63) is 124 Å². The number of aliphatic carboxylic acids is 2. The molecule has 0 heterocycles. The molecule has 0 fully saturated rings. The quantitative estimate of drug-likeness (QED) is 0.0247. The summed E-state index contributed by atoms with van der Waals surface area (Å²) < 4.78 is 21.2. The van der Waals surface area contributed by atoms with Gasteiger partial charge in [0.1, 0.15) is 53.4 Å². The van der Waals surface area contributed by atoms with E-state index in [4.69, 9.17) is 21.9 Å². The summed E-state index contributed by atoms with van der Waals surface area (Å²) in [6, 6.07) is 11.1. The third-order valence-electron chi connectivity index (χ3n) is 15.3. The number of benzene rings is 4.